The summed E-state index contributed by atoms with van der Waals surface area (Å²) in [5.41, 5.74) is 0.843. The van der Waals surface area contributed by atoms with Crippen LogP contribution in [0.4, 0.5) is 0 Å². The molecule has 0 fully saturated rings. The van der Waals surface area contributed by atoms with Crippen LogP contribution < -0.4 is 10.1 Å². The lowest BCUT2D eigenvalue weighted by Gasteiger charge is -2.06. The fourth-order valence-corrected chi connectivity index (χ4v) is 1.80. The highest BCUT2D eigenvalue weighted by molar-refractivity contribution is 6.02. The van der Waals surface area contributed by atoms with Gasteiger partial charge in [-0.1, -0.05) is 30.3 Å². The second kappa shape index (κ2) is 7.08. The molecule has 0 atom stereocenters. The van der Waals surface area contributed by atoms with E-state index in [9.17, 15) is 14.7 Å². The third-order valence-electron chi connectivity index (χ3n) is 2.94. The molecule has 0 radical (unpaired) electrons. The molecular weight excluding hydrogens is 282 g/mol. The fraction of sp³-hybridized carbons (Fsp3) is 0.0588. The average Bonchev–Trinajstić information content (AvgIpc) is 2.55. The monoisotopic (exact) mass is 297 g/mol. The highest BCUT2D eigenvalue weighted by Gasteiger charge is 2.13. The van der Waals surface area contributed by atoms with Crippen molar-refractivity contribution in [2.75, 3.05) is 7.11 Å². The van der Waals surface area contributed by atoms with E-state index in [4.69, 9.17) is 4.74 Å². The minimum absolute atomic E-state index is 0.195. The van der Waals surface area contributed by atoms with Crippen molar-refractivity contribution in [2.24, 2.45) is 0 Å². The van der Waals surface area contributed by atoms with Crippen LogP contribution in [-0.4, -0.2) is 24.1 Å². The summed E-state index contributed by atoms with van der Waals surface area (Å²) in [6.45, 7) is 0. The normalized spacial score (nSPS) is 10.9. The van der Waals surface area contributed by atoms with Gasteiger partial charge in [0.15, 0.2) is 0 Å². The van der Waals surface area contributed by atoms with E-state index < -0.39 is 11.9 Å². The third kappa shape index (κ3) is 3.96. The second-order valence-electron chi connectivity index (χ2n) is 4.46. The molecule has 0 spiro atoms. The number of amides is 1. The van der Waals surface area contributed by atoms with Gasteiger partial charge >= 0.3 is 5.97 Å². The van der Waals surface area contributed by atoms with Gasteiger partial charge in [-0.15, -0.1) is 0 Å². The zero-order valence-corrected chi connectivity index (χ0v) is 11.9. The van der Waals surface area contributed by atoms with Gasteiger partial charge in [0, 0.05) is 5.56 Å². The summed E-state index contributed by atoms with van der Waals surface area (Å²) in [6, 6.07) is 15.3. The molecule has 0 aliphatic heterocycles. The molecule has 22 heavy (non-hydrogen) atoms. The number of benzene rings is 2. The number of nitrogens with one attached hydrogen (secondary N) is 1. The number of hydrogen-bond donors (Lipinski definition) is 2. The summed E-state index contributed by atoms with van der Waals surface area (Å²) >= 11 is 0. The van der Waals surface area contributed by atoms with E-state index in [0.29, 0.717) is 16.9 Å². The van der Waals surface area contributed by atoms with Crippen molar-refractivity contribution in [2.45, 2.75) is 0 Å². The minimum Gasteiger partial charge on any atom is -0.497 e. The Morgan fingerprint density at radius 3 is 2.23 bits per heavy atom. The summed E-state index contributed by atoms with van der Waals surface area (Å²) in [7, 11) is 1.55. The number of methoxy groups -OCH3 is 1. The molecule has 5 nitrogen and oxygen atoms in total. The Kier molecular flexibility index (Phi) is 4.93. The first-order chi connectivity index (χ1) is 10.6. The molecule has 0 heterocycles. The number of hydrogen-bond acceptors (Lipinski definition) is 3. The standard InChI is InChI=1S/C17H15NO4/c1-22-14-9-7-12(8-10-14)11-15(17(20)21)18-16(19)13-5-3-2-4-6-13/h2-11H,1H3,(H,18,19)(H,20,21)/b15-11-. The first kappa shape index (κ1) is 15.3. The molecule has 0 saturated carbocycles. The minimum atomic E-state index is -1.21. The lowest BCUT2D eigenvalue weighted by atomic mass is 10.1. The predicted octanol–water partition coefficient (Wildman–Crippen LogP) is 2.55. The molecule has 2 aromatic carbocycles. The Hall–Kier alpha value is -3.08. The van der Waals surface area contributed by atoms with Gasteiger partial charge in [-0.3, -0.25) is 4.79 Å². The van der Waals surface area contributed by atoms with Crippen molar-refractivity contribution in [3.63, 3.8) is 0 Å². The van der Waals surface area contributed by atoms with Crippen molar-refractivity contribution < 1.29 is 19.4 Å². The molecule has 0 bridgehead atoms. The summed E-state index contributed by atoms with van der Waals surface area (Å²) in [5, 5.41) is 11.6. The lowest BCUT2D eigenvalue weighted by Crippen LogP contribution is -2.27. The van der Waals surface area contributed by atoms with Gasteiger partial charge in [-0.2, -0.15) is 0 Å². The Balaban J connectivity index is 2.20. The molecule has 5 heteroatoms. The second-order valence-corrected chi connectivity index (χ2v) is 4.46. The molecule has 1 amide bonds. The maximum absolute atomic E-state index is 12.0. The van der Waals surface area contributed by atoms with E-state index in [1.807, 2.05) is 0 Å². The van der Waals surface area contributed by atoms with Gasteiger partial charge in [0.2, 0.25) is 0 Å². The van der Waals surface area contributed by atoms with Crippen LogP contribution >= 0.6 is 0 Å². The topological polar surface area (TPSA) is 75.6 Å². The number of ether oxygens (including phenoxy) is 1. The smallest absolute Gasteiger partial charge is 0.352 e. The van der Waals surface area contributed by atoms with Crippen LogP contribution in [-0.2, 0) is 4.79 Å². The Morgan fingerprint density at radius 1 is 1.05 bits per heavy atom. The van der Waals surface area contributed by atoms with E-state index in [1.165, 1.54) is 6.08 Å². The Labute approximate surface area is 127 Å². The van der Waals surface area contributed by atoms with Crippen LogP contribution in [0.2, 0.25) is 0 Å². The third-order valence-corrected chi connectivity index (χ3v) is 2.94. The maximum atomic E-state index is 12.0. The zero-order chi connectivity index (χ0) is 15.9. The van der Waals surface area contributed by atoms with Gasteiger partial charge in [-0.25, -0.2) is 4.79 Å². The molecular formula is C17H15NO4. The molecule has 0 aromatic heterocycles. The number of carbonyl (C=O) groups excluding carboxylic acids is 1. The van der Waals surface area contributed by atoms with Gasteiger partial charge in [0.05, 0.1) is 7.11 Å². The molecule has 2 aromatic rings. The number of carboxylic acid groups (broad SMARTS) is 1. The number of carboxylic acids is 1. The van der Waals surface area contributed by atoms with Crippen LogP contribution in [0.1, 0.15) is 15.9 Å². The van der Waals surface area contributed by atoms with Crippen LogP contribution in [0, 0.1) is 0 Å². The zero-order valence-electron chi connectivity index (χ0n) is 11.9. The average molecular weight is 297 g/mol. The molecule has 0 unspecified atom stereocenters. The number of rotatable bonds is 5. The van der Waals surface area contributed by atoms with Gasteiger partial charge in [-0.05, 0) is 35.9 Å². The van der Waals surface area contributed by atoms with E-state index in [-0.39, 0.29) is 5.70 Å². The molecule has 0 saturated heterocycles. The Bertz CT molecular complexity index is 690. The number of carbonyl (C=O) groups is 2. The van der Waals surface area contributed by atoms with Crippen molar-refractivity contribution in [3.05, 3.63) is 71.4 Å². The summed E-state index contributed by atoms with van der Waals surface area (Å²) in [4.78, 5) is 23.3. The largest absolute Gasteiger partial charge is 0.497 e. The maximum Gasteiger partial charge on any atom is 0.352 e. The van der Waals surface area contributed by atoms with Crippen molar-refractivity contribution in [1.82, 2.24) is 5.32 Å². The quantitative estimate of drug-likeness (QED) is 0.832. The molecule has 112 valence electrons. The Morgan fingerprint density at radius 2 is 1.68 bits per heavy atom. The van der Waals surface area contributed by atoms with E-state index in [1.54, 1.807) is 61.7 Å². The predicted molar refractivity (Wildman–Crippen MR) is 82.5 cm³/mol. The van der Waals surface area contributed by atoms with E-state index in [2.05, 4.69) is 5.32 Å². The van der Waals surface area contributed by atoms with Crippen molar-refractivity contribution >= 4 is 18.0 Å². The first-order valence-corrected chi connectivity index (χ1v) is 6.55. The molecule has 2 rings (SSSR count). The van der Waals surface area contributed by atoms with Crippen molar-refractivity contribution in [1.29, 1.82) is 0 Å². The van der Waals surface area contributed by atoms with E-state index in [0.717, 1.165) is 0 Å². The molecule has 0 aliphatic carbocycles. The number of aliphatic carboxylic acids is 1. The lowest BCUT2D eigenvalue weighted by molar-refractivity contribution is -0.132. The fourth-order valence-electron chi connectivity index (χ4n) is 1.80. The molecule has 0 aliphatic rings. The summed E-state index contributed by atoms with van der Waals surface area (Å²) < 4.78 is 5.04. The van der Waals surface area contributed by atoms with E-state index >= 15 is 0 Å². The SMILES string of the molecule is COc1ccc(/C=C(\NC(=O)c2ccccc2)C(=O)O)cc1. The molecule has 2 N–H and O–H groups in total. The van der Waals surface area contributed by atoms with Crippen LogP contribution in [0.15, 0.2) is 60.3 Å². The summed E-state index contributed by atoms with van der Waals surface area (Å²) in [6.07, 6.45) is 1.39. The van der Waals surface area contributed by atoms with Gasteiger partial charge < -0.3 is 15.2 Å². The van der Waals surface area contributed by atoms with Crippen LogP contribution in [0.5, 0.6) is 5.75 Å². The first-order valence-electron chi connectivity index (χ1n) is 6.55. The van der Waals surface area contributed by atoms with Gasteiger partial charge in [0.1, 0.15) is 11.4 Å². The highest BCUT2D eigenvalue weighted by Crippen LogP contribution is 2.13. The summed E-state index contributed by atoms with van der Waals surface area (Å²) in [5.74, 6) is -1.01. The van der Waals surface area contributed by atoms with Crippen LogP contribution in [0.25, 0.3) is 6.08 Å². The highest BCUT2D eigenvalue weighted by atomic mass is 16.5. The van der Waals surface area contributed by atoms with Gasteiger partial charge in [0.25, 0.3) is 5.91 Å². The van der Waals surface area contributed by atoms with Crippen LogP contribution in [0.3, 0.4) is 0 Å². The van der Waals surface area contributed by atoms with Crippen molar-refractivity contribution in [3.8, 4) is 5.75 Å².